The normalized spacial score (nSPS) is 11.3. The summed E-state index contributed by atoms with van der Waals surface area (Å²) in [5.74, 6) is 1.67. The van der Waals surface area contributed by atoms with Crippen molar-refractivity contribution in [1.29, 1.82) is 0 Å². The van der Waals surface area contributed by atoms with Crippen LogP contribution in [0.15, 0.2) is 368 Å². The summed E-state index contributed by atoms with van der Waals surface area (Å²) in [4.78, 5) is 72.5. The zero-order valence-electron chi connectivity index (χ0n) is 82.9. The van der Waals surface area contributed by atoms with Crippen molar-refractivity contribution in [2.45, 2.75) is 122 Å². The zero-order valence-corrected chi connectivity index (χ0v) is 96.6. The van der Waals surface area contributed by atoms with Gasteiger partial charge >= 0.3 is 0 Å². The number of hydrogen-bond donors (Lipinski definition) is 4. The molecule has 1 aliphatic carbocycles. The molecule has 1 aliphatic rings. The first-order chi connectivity index (χ1) is 67.1. The predicted octanol–water partition coefficient (Wildman–Crippen LogP) is 30.9. The number of aryl methyl sites for hydroxylation is 3. The third-order valence-electron chi connectivity index (χ3n) is 21.9. The van der Waals surface area contributed by atoms with Crippen LogP contribution < -0.4 is 0 Å². The number of aliphatic hydroxyl groups is 4. The molecule has 747 valence electrons. The van der Waals surface area contributed by atoms with Gasteiger partial charge in [-0.25, -0.2) is 20.5 Å². The van der Waals surface area contributed by atoms with Gasteiger partial charge in [0, 0.05) is 165 Å². The Labute approximate surface area is 925 Å². The number of carbonyl (C=O) groups excluding carboxylic acids is 4. The van der Waals surface area contributed by atoms with Crippen molar-refractivity contribution in [1.82, 2.24) is 34.9 Å². The third kappa shape index (κ3) is 34.1. The first-order valence-corrected chi connectivity index (χ1v) is 47.2. The minimum atomic E-state index is -0.125. The summed E-state index contributed by atoms with van der Waals surface area (Å²) in [5, 5.41) is 46.2. The molecule has 0 fully saturated rings. The van der Waals surface area contributed by atoms with Gasteiger partial charge < -0.3 is 30.4 Å². The number of allylic oxidation sites excluding steroid dienone is 8. The summed E-state index contributed by atoms with van der Waals surface area (Å²) in [6, 6.07) is 120. The number of pyridine rings is 4. The second kappa shape index (κ2) is 57.1. The van der Waals surface area contributed by atoms with Crippen LogP contribution in [0.3, 0.4) is 0 Å². The number of benzene rings is 12. The second-order valence-corrected chi connectivity index (χ2v) is 36.8. The van der Waals surface area contributed by atoms with Gasteiger partial charge in [0.1, 0.15) is 5.82 Å². The maximum absolute atomic E-state index is 10.0. The van der Waals surface area contributed by atoms with Gasteiger partial charge in [-0.1, -0.05) is 262 Å². The number of nitrogens with zero attached hydrogens (tertiary/aromatic N) is 7. The zero-order chi connectivity index (χ0) is 100. The van der Waals surface area contributed by atoms with Crippen molar-refractivity contribution in [3.05, 3.63) is 438 Å². The number of para-hydroxylation sites is 1. The van der Waals surface area contributed by atoms with Gasteiger partial charge in [0.05, 0.1) is 28.6 Å². The molecular formula is C123H109Ir5N7O8S2-6. The van der Waals surface area contributed by atoms with Crippen LogP contribution in [0.1, 0.15) is 123 Å². The largest absolute Gasteiger partial charge is 0.512 e. The van der Waals surface area contributed by atoms with E-state index in [1.807, 2.05) is 140 Å². The van der Waals surface area contributed by atoms with Gasteiger partial charge in [0.25, 0.3) is 0 Å². The Hall–Kier alpha value is -13.0. The fourth-order valence-corrected chi connectivity index (χ4v) is 17.0. The molecule has 0 spiro atoms. The fraction of sp³-hybridized carbons (Fsp3) is 0.146. The van der Waals surface area contributed by atoms with Crippen molar-refractivity contribution < 1.29 is 140 Å². The van der Waals surface area contributed by atoms with Gasteiger partial charge in [-0.3, -0.25) is 29.1 Å². The number of aromatic nitrogens is 7. The van der Waals surface area contributed by atoms with Crippen LogP contribution >= 0.6 is 22.7 Å². The smallest absolute Gasteiger partial charge is 0.163 e. The van der Waals surface area contributed by atoms with Gasteiger partial charge in [0.15, 0.2) is 34.8 Å². The van der Waals surface area contributed by atoms with E-state index in [2.05, 4.69) is 281 Å². The van der Waals surface area contributed by atoms with E-state index in [1.54, 1.807) is 28.9 Å². The van der Waals surface area contributed by atoms with Gasteiger partial charge in [-0.15, -0.1) is 164 Å². The minimum Gasteiger partial charge on any atom is -0.512 e. The maximum atomic E-state index is 10.0. The number of ketones is 4. The molecule has 20 rings (SSSR count). The quantitative estimate of drug-likeness (QED) is 0.0505. The van der Waals surface area contributed by atoms with Crippen molar-refractivity contribution in [2.75, 3.05) is 0 Å². The van der Waals surface area contributed by atoms with Gasteiger partial charge in [-0.2, -0.15) is 41.2 Å². The molecule has 7 heterocycles. The van der Waals surface area contributed by atoms with Crippen molar-refractivity contribution in [3.8, 4) is 101 Å². The molecule has 145 heavy (non-hydrogen) atoms. The SMILES string of the molecule is CC(=O)C=C(C)O.CC(=O)C=C(C)O.CC(=O)C=C(C)O.CC(=O)C=C(C)O.CC(C)(C)c1c[c-]c(-c2[c-]c3ccccc3c3sccc23)cc1.CC1(C)c2ccccc2-c2c[c-]c(-c3ccc4ccccc4n3)cc21.Cc1cc2ccccc2[c-]c1-c1ccccn1.Cc1ccc(-c2nc(-c3c[c-]c(-c4ccccn4)cc3)nc(-c3ccc(C)cc3)n2)cc1.[Ir].[Ir].[Ir].[Ir].[Ir].[c-]1ccccc1-c1nccc2sccc12. The summed E-state index contributed by atoms with van der Waals surface area (Å²) < 4.78 is 2.61. The molecule has 15 nitrogen and oxygen atoms in total. The first-order valence-electron chi connectivity index (χ1n) is 45.5. The summed E-state index contributed by atoms with van der Waals surface area (Å²) in [5.41, 5.74) is 24.6. The molecule has 12 aromatic carbocycles. The molecule has 5 radical (unpaired) electrons. The number of rotatable bonds is 12. The van der Waals surface area contributed by atoms with E-state index in [4.69, 9.17) is 40.4 Å². The molecule has 19 aromatic rings. The van der Waals surface area contributed by atoms with Gasteiger partial charge in [0.2, 0.25) is 0 Å². The van der Waals surface area contributed by atoms with Crippen LogP contribution in [0, 0.1) is 57.2 Å². The van der Waals surface area contributed by atoms with Gasteiger partial charge in [-0.05, 0) is 153 Å². The first kappa shape index (κ1) is 119. The van der Waals surface area contributed by atoms with Crippen molar-refractivity contribution in [3.63, 3.8) is 0 Å². The third-order valence-corrected chi connectivity index (χ3v) is 23.7. The Kier molecular flexibility index (Phi) is 46.8. The molecule has 0 amide bonds. The van der Waals surface area contributed by atoms with Crippen LogP contribution in [0.25, 0.3) is 154 Å². The molecule has 0 bridgehead atoms. The van der Waals surface area contributed by atoms with Crippen LogP contribution in [0.5, 0.6) is 0 Å². The Bertz CT molecular complexity index is 7490. The molecular weight excluding hydrogens is 2730 g/mol. The number of fused-ring (bicyclic) bond motifs is 9. The van der Waals surface area contributed by atoms with Crippen LogP contribution in [-0.4, -0.2) is 78.4 Å². The Morgan fingerprint density at radius 3 is 1.40 bits per heavy atom. The summed E-state index contributed by atoms with van der Waals surface area (Å²) >= 11 is 3.54. The van der Waals surface area contributed by atoms with E-state index < -0.39 is 0 Å². The van der Waals surface area contributed by atoms with Crippen molar-refractivity contribution in [2.24, 2.45) is 0 Å². The molecule has 22 heteroatoms. The van der Waals surface area contributed by atoms with Crippen LogP contribution in [-0.2, 0) is 131 Å². The Balaban J connectivity index is 0.000000231. The minimum absolute atomic E-state index is 0. The molecule has 0 aliphatic heterocycles. The summed E-state index contributed by atoms with van der Waals surface area (Å²) in [6.45, 7) is 28.9. The number of thiophene rings is 2. The fourth-order valence-electron chi connectivity index (χ4n) is 15.3. The topological polar surface area (TPSA) is 239 Å². The maximum Gasteiger partial charge on any atom is 0.163 e. The molecule has 7 aromatic heterocycles. The average molecular weight is 2840 g/mol. The standard InChI is InChI=1S/C28H21N4.C24H18N.C22H18S.C16H12N.C13H8NS.4C5H8O2.5Ir/c1-19-6-10-22(11-7-19)26-30-27(23-12-8-20(2)9-13-23)32-28(31-26)24-16-14-21(15-17-24)25-5-3-4-18-29-25;1-24(2)20-9-5-4-8-18(20)19-13-11-17(15-21(19)24)23-14-12-16-7-3-6-10-22(16)25-23;1-22(2,3)17-10-8-15(9-11-17)20-14-16-6-4-5-7-18(16)21-19(20)12-13-23-21;1-12-10-13-6-2-3-7-14(13)11-15(12)16-8-4-5-9-17-16;1-2-4-10(5-3-1)13-11-7-9-15-12(11)6-8-14-13;4*1-4(6)3-5(2)7;;;;;/h3-14,16-18H,1-2H3;3-10,12-15H,1-2H3;4-8,10-13H,1-3H3;2-10H,1H3;1-4,6-9H;4*3,6H,1-2H3;;;;;/q2*-1;-2;2*-1;;;;;;;;;. The van der Waals surface area contributed by atoms with E-state index >= 15 is 0 Å². The van der Waals surface area contributed by atoms with E-state index in [0.29, 0.717) is 17.5 Å². The summed E-state index contributed by atoms with van der Waals surface area (Å²) in [7, 11) is 0. The van der Waals surface area contributed by atoms with E-state index in [-0.39, 0.29) is 158 Å². The van der Waals surface area contributed by atoms with Crippen molar-refractivity contribution >= 4 is 98.4 Å². The number of carbonyl (C=O) groups is 4. The molecule has 0 saturated carbocycles. The second-order valence-electron chi connectivity index (χ2n) is 34.9. The predicted molar refractivity (Wildman–Crippen MR) is 575 cm³/mol. The molecule has 0 unspecified atom stereocenters. The Morgan fingerprint density at radius 2 is 0.862 bits per heavy atom. The van der Waals surface area contributed by atoms with Crippen LogP contribution in [0.2, 0.25) is 0 Å². The monoisotopic (exact) mass is 2840 g/mol. The number of hydrogen-bond acceptors (Lipinski definition) is 17. The molecule has 0 saturated heterocycles. The van der Waals surface area contributed by atoms with E-state index in [0.717, 1.165) is 83.7 Å². The molecule has 4 N–H and O–H groups in total. The number of aliphatic hydroxyl groups excluding tert-OH is 4. The Morgan fingerprint density at radius 1 is 0.366 bits per heavy atom. The summed E-state index contributed by atoms with van der Waals surface area (Å²) in [6.07, 6.45) is 10.1. The average Bonchev–Trinajstić information content (AvgIpc) is 1.58. The van der Waals surface area contributed by atoms with E-state index in [9.17, 15) is 19.2 Å². The van der Waals surface area contributed by atoms with E-state index in [1.165, 1.54) is 166 Å². The van der Waals surface area contributed by atoms with Crippen LogP contribution in [0.4, 0.5) is 0 Å². The molecule has 0 atom stereocenters.